The molecule has 0 aliphatic heterocycles. The lowest BCUT2D eigenvalue weighted by Gasteiger charge is -2.57. The quantitative estimate of drug-likeness (QED) is 0.703. The van der Waals surface area contributed by atoms with Crippen LogP contribution in [-0.4, -0.2) is 36.6 Å². The normalized spacial score (nSPS) is 23.4. The second-order valence-corrected chi connectivity index (χ2v) is 7.18. The maximum absolute atomic E-state index is 12.8. The zero-order chi connectivity index (χ0) is 18.8. The Balaban J connectivity index is 0.00000338. The van der Waals surface area contributed by atoms with Crippen LogP contribution < -0.4 is 16.4 Å². The van der Waals surface area contributed by atoms with Gasteiger partial charge in [0.15, 0.2) is 0 Å². The van der Waals surface area contributed by atoms with Crippen LogP contribution in [0, 0.1) is 12.3 Å². The molecule has 2 unspecified atom stereocenters. The minimum Gasteiger partial charge on any atom is -0.378 e. The summed E-state index contributed by atoms with van der Waals surface area (Å²) in [5.74, 6) is -0.412. The second-order valence-electron chi connectivity index (χ2n) is 7.18. The number of hydrogen-bond donors (Lipinski definition) is 3. The average Bonchev–Trinajstić information content (AvgIpc) is 2.56. The molecule has 0 saturated heterocycles. The van der Waals surface area contributed by atoms with E-state index in [1.807, 2.05) is 40.7 Å². The molecule has 6 nitrogen and oxygen atoms in total. The highest BCUT2D eigenvalue weighted by Gasteiger charge is 2.62. The minimum absolute atomic E-state index is 0. The van der Waals surface area contributed by atoms with Crippen molar-refractivity contribution in [2.24, 2.45) is 11.1 Å². The SMILES string of the molecule is CCNC(=O)c1ccc(C)c(NC(=O)C2(N)CC(OCC)C2(C)C)c1.Cl. The summed E-state index contributed by atoms with van der Waals surface area (Å²) in [6.45, 7) is 10.7. The molecule has 26 heavy (non-hydrogen) atoms. The van der Waals surface area contributed by atoms with Crippen molar-refractivity contribution < 1.29 is 14.3 Å². The molecule has 1 saturated carbocycles. The number of ether oxygens (including phenoxy) is 1. The Kier molecular flexibility index (Phi) is 7.22. The Hall–Kier alpha value is -1.63. The van der Waals surface area contributed by atoms with Crippen LogP contribution in [-0.2, 0) is 9.53 Å². The van der Waals surface area contributed by atoms with Crippen molar-refractivity contribution >= 4 is 29.9 Å². The summed E-state index contributed by atoms with van der Waals surface area (Å²) < 4.78 is 5.68. The number of nitrogens with one attached hydrogen (secondary N) is 2. The van der Waals surface area contributed by atoms with Crippen LogP contribution >= 0.6 is 12.4 Å². The molecule has 2 rings (SSSR count). The van der Waals surface area contributed by atoms with Crippen LogP contribution in [0.4, 0.5) is 5.69 Å². The Morgan fingerprint density at radius 1 is 1.31 bits per heavy atom. The number of amides is 2. The van der Waals surface area contributed by atoms with Gasteiger partial charge in [-0.1, -0.05) is 19.9 Å². The number of hydrogen-bond acceptors (Lipinski definition) is 4. The van der Waals surface area contributed by atoms with E-state index in [0.717, 1.165) is 5.56 Å². The third-order valence-electron chi connectivity index (χ3n) is 5.32. The molecule has 2 atom stereocenters. The fourth-order valence-corrected chi connectivity index (χ4v) is 3.21. The average molecular weight is 384 g/mol. The van der Waals surface area contributed by atoms with Crippen molar-refractivity contribution in [1.82, 2.24) is 5.32 Å². The summed E-state index contributed by atoms with van der Waals surface area (Å²) in [6.07, 6.45) is 0.449. The zero-order valence-corrected chi connectivity index (χ0v) is 17.0. The fraction of sp³-hybridized carbons (Fsp3) is 0.579. The number of rotatable bonds is 6. The molecule has 1 aliphatic rings. The molecule has 0 aromatic heterocycles. The molecule has 0 spiro atoms. The van der Waals surface area contributed by atoms with Gasteiger partial charge < -0.3 is 21.1 Å². The van der Waals surface area contributed by atoms with E-state index in [-0.39, 0.29) is 30.3 Å². The Labute approximate surface area is 161 Å². The molecule has 7 heteroatoms. The van der Waals surface area contributed by atoms with E-state index < -0.39 is 11.0 Å². The maximum atomic E-state index is 12.8. The van der Waals surface area contributed by atoms with Gasteiger partial charge in [-0.05, 0) is 38.5 Å². The van der Waals surface area contributed by atoms with Gasteiger partial charge in [-0.2, -0.15) is 0 Å². The standard InChI is InChI=1S/C19H29N3O3.ClH/c1-6-21-16(23)13-9-8-12(3)14(10-13)22-17(24)19(20)11-15(25-7-2)18(19,4)5;/h8-10,15H,6-7,11,20H2,1-5H3,(H,21,23)(H,22,24);1H. The molecular formula is C19H30ClN3O3. The highest BCUT2D eigenvalue weighted by molar-refractivity contribution is 6.02. The molecule has 1 aromatic rings. The Morgan fingerprint density at radius 3 is 2.50 bits per heavy atom. The smallest absolute Gasteiger partial charge is 0.251 e. The van der Waals surface area contributed by atoms with Gasteiger partial charge in [0.25, 0.3) is 5.91 Å². The van der Waals surface area contributed by atoms with Crippen LogP contribution in [0.1, 0.15) is 50.0 Å². The Bertz CT molecular complexity index is 678. The molecule has 0 radical (unpaired) electrons. The van der Waals surface area contributed by atoms with Gasteiger partial charge >= 0.3 is 0 Å². The topological polar surface area (TPSA) is 93.5 Å². The van der Waals surface area contributed by atoms with Crippen LogP contribution in [0.25, 0.3) is 0 Å². The third-order valence-corrected chi connectivity index (χ3v) is 5.32. The van der Waals surface area contributed by atoms with Gasteiger partial charge in [0.2, 0.25) is 5.91 Å². The third kappa shape index (κ3) is 3.87. The van der Waals surface area contributed by atoms with Crippen LogP contribution in [0.5, 0.6) is 0 Å². The van der Waals surface area contributed by atoms with Crippen molar-refractivity contribution in [3.8, 4) is 0 Å². The first-order valence-corrected chi connectivity index (χ1v) is 8.78. The number of halogens is 1. The van der Waals surface area contributed by atoms with Gasteiger partial charge in [0, 0.05) is 36.2 Å². The summed E-state index contributed by atoms with van der Waals surface area (Å²) in [4.78, 5) is 24.9. The molecule has 1 aliphatic carbocycles. The van der Waals surface area contributed by atoms with Crippen LogP contribution in [0.3, 0.4) is 0 Å². The summed E-state index contributed by atoms with van der Waals surface area (Å²) >= 11 is 0. The van der Waals surface area contributed by atoms with Crippen molar-refractivity contribution in [1.29, 1.82) is 0 Å². The second kappa shape index (κ2) is 8.37. The molecule has 1 aromatic carbocycles. The van der Waals surface area contributed by atoms with Crippen molar-refractivity contribution in [2.45, 2.75) is 52.7 Å². The van der Waals surface area contributed by atoms with E-state index in [1.165, 1.54) is 0 Å². The molecule has 0 heterocycles. The first-order valence-electron chi connectivity index (χ1n) is 8.78. The first-order chi connectivity index (χ1) is 11.7. The number of benzene rings is 1. The molecule has 146 valence electrons. The molecule has 4 N–H and O–H groups in total. The van der Waals surface area contributed by atoms with E-state index in [9.17, 15) is 9.59 Å². The lowest BCUT2D eigenvalue weighted by atomic mass is 9.54. The van der Waals surface area contributed by atoms with Gasteiger partial charge in [-0.3, -0.25) is 9.59 Å². The molecule has 2 amide bonds. The number of aryl methyl sites for hydroxylation is 1. The number of nitrogens with two attached hydrogens (primary N) is 1. The van der Waals surface area contributed by atoms with E-state index in [1.54, 1.807) is 12.1 Å². The first kappa shape index (κ1) is 22.4. The van der Waals surface area contributed by atoms with Gasteiger partial charge in [0.05, 0.1) is 6.10 Å². The molecule has 0 bridgehead atoms. The van der Waals surface area contributed by atoms with E-state index in [0.29, 0.717) is 30.8 Å². The van der Waals surface area contributed by atoms with E-state index in [2.05, 4.69) is 10.6 Å². The highest BCUT2D eigenvalue weighted by atomic mass is 35.5. The zero-order valence-electron chi connectivity index (χ0n) is 16.1. The lowest BCUT2D eigenvalue weighted by Crippen LogP contribution is -2.74. The monoisotopic (exact) mass is 383 g/mol. The summed E-state index contributed by atoms with van der Waals surface area (Å²) in [5.41, 5.74) is 6.95. The summed E-state index contributed by atoms with van der Waals surface area (Å²) in [6, 6.07) is 5.25. The summed E-state index contributed by atoms with van der Waals surface area (Å²) in [5, 5.41) is 5.66. The number of anilines is 1. The maximum Gasteiger partial charge on any atom is 0.251 e. The molecular weight excluding hydrogens is 354 g/mol. The predicted molar refractivity (Wildman–Crippen MR) is 106 cm³/mol. The molecule has 1 fully saturated rings. The van der Waals surface area contributed by atoms with Crippen LogP contribution in [0.2, 0.25) is 0 Å². The van der Waals surface area contributed by atoms with Crippen molar-refractivity contribution in [3.63, 3.8) is 0 Å². The predicted octanol–water partition coefficient (Wildman–Crippen LogP) is 2.64. The Morgan fingerprint density at radius 2 is 1.96 bits per heavy atom. The van der Waals surface area contributed by atoms with Crippen LogP contribution in [0.15, 0.2) is 18.2 Å². The van der Waals surface area contributed by atoms with E-state index in [4.69, 9.17) is 10.5 Å². The fourth-order valence-electron chi connectivity index (χ4n) is 3.21. The highest BCUT2D eigenvalue weighted by Crippen LogP contribution is 2.50. The van der Waals surface area contributed by atoms with Gasteiger partial charge in [0.1, 0.15) is 5.54 Å². The van der Waals surface area contributed by atoms with Gasteiger partial charge in [-0.25, -0.2) is 0 Å². The summed E-state index contributed by atoms with van der Waals surface area (Å²) in [7, 11) is 0. The number of carbonyl (C=O) groups excluding carboxylic acids is 2. The lowest BCUT2D eigenvalue weighted by molar-refractivity contribution is -0.166. The largest absolute Gasteiger partial charge is 0.378 e. The van der Waals surface area contributed by atoms with Gasteiger partial charge in [-0.15, -0.1) is 12.4 Å². The van der Waals surface area contributed by atoms with Crippen molar-refractivity contribution in [2.75, 3.05) is 18.5 Å². The van der Waals surface area contributed by atoms with Crippen molar-refractivity contribution in [3.05, 3.63) is 29.3 Å². The number of carbonyl (C=O) groups is 2. The van der Waals surface area contributed by atoms with E-state index >= 15 is 0 Å². The minimum atomic E-state index is -0.999.